The molecule has 1 aromatic heterocycles. The molecule has 0 aromatic carbocycles. The Morgan fingerprint density at radius 1 is 1.21 bits per heavy atom. The average molecular weight is 403 g/mol. The molecule has 28 heavy (non-hydrogen) atoms. The Hall–Kier alpha value is -1.01. The molecule has 0 spiro atoms. The SMILES string of the molecule is CCN(C)Cc1cc2n(n1)CCN(C(=O)CSC13CC4CC(CC(C4)C1)C3)C2. The number of carbonyl (C=O) groups is 1. The van der Waals surface area contributed by atoms with E-state index in [2.05, 4.69) is 34.5 Å². The Bertz CT molecular complexity index is 710. The van der Waals surface area contributed by atoms with Crippen LogP contribution in [0.1, 0.15) is 56.8 Å². The van der Waals surface area contributed by atoms with Gasteiger partial charge in [0.1, 0.15) is 0 Å². The number of amides is 1. The van der Waals surface area contributed by atoms with E-state index in [9.17, 15) is 4.79 Å². The lowest BCUT2D eigenvalue weighted by molar-refractivity contribution is -0.129. The molecule has 0 radical (unpaired) electrons. The lowest BCUT2D eigenvalue weighted by Gasteiger charge is -2.56. The van der Waals surface area contributed by atoms with Gasteiger partial charge in [-0.1, -0.05) is 6.92 Å². The van der Waals surface area contributed by atoms with Crippen molar-refractivity contribution in [2.45, 2.75) is 69.8 Å². The van der Waals surface area contributed by atoms with Crippen LogP contribution in [-0.2, 0) is 24.4 Å². The highest BCUT2D eigenvalue weighted by atomic mass is 32.2. The van der Waals surface area contributed by atoms with Crippen molar-refractivity contribution in [2.75, 3.05) is 25.9 Å². The second kappa shape index (κ2) is 7.35. The quantitative estimate of drug-likeness (QED) is 0.731. The fraction of sp³-hybridized carbons (Fsp3) is 0.818. The maximum atomic E-state index is 13.0. The minimum atomic E-state index is 0.334. The molecule has 2 heterocycles. The fourth-order valence-corrected chi connectivity index (χ4v) is 8.19. The summed E-state index contributed by atoms with van der Waals surface area (Å²) >= 11 is 2.01. The van der Waals surface area contributed by atoms with Gasteiger partial charge in [-0.25, -0.2) is 0 Å². The van der Waals surface area contributed by atoms with Gasteiger partial charge in [-0.15, -0.1) is 11.8 Å². The van der Waals surface area contributed by atoms with Crippen LogP contribution in [0.2, 0.25) is 0 Å². The van der Waals surface area contributed by atoms with Crippen molar-refractivity contribution in [1.82, 2.24) is 19.6 Å². The molecular formula is C22H34N4OS. The van der Waals surface area contributed by atoms with Crippen molar-refractivity contribution in [1.29, 1.82) is 0 Å². The van der Waals surface area contributed by atoms with Crippen LogP contribution in [0.25, 0.3) is 0 Å². The molecule has 4 bridgehead atoms. The van der Waals surface area contributed by atoms with E-state index in [1.54, 1.807) is 0 Å². The van der Waals surface area contributed by atoms with Crippen molar-refractivity contribution in [2.24, 2.45) is 17.8 Å². The van der Waals surface area contributed by atoms with E-state index in [-0.39, 0.29) is 0 Å². The van der Waals surface area contributed by atoms with Gasteiger partial charge in [-0.05, 0) is 75.9 Å². The average Bonchev–Trinajstić information content (AvgIpc) is 3.06. The number of fused-ring (bicyclic) bond motifs is 1. The molecular weight excluding hydrogens is 368 g/mol. The Morgan fingerprint density at radius 3 is 2.54 bits per heavy atom. The minimum absolute atomic E-state index is 0.334. The topological polar surface area (TPSA) is 41.4 Å². The van der Waals surface area contributed by atoms with Crippen LogP contribution in [0.5, 0.6) is 0 Å². The van der Waals surface area contributed by atoms with Gasteiger partial charge in [0.05, 0.1) is 30.2 Å². The van der Waals surface area contributed by atoms with Crippen LogP contribution < -0.4 is 0 Å². The van der Waals surface area contributed by atoms with Crippen LogP contribution in [-0.4, -0.2) is 56.1 Å². The van der Waals surface area contributed by atoms with Crippen molar-refractivity contribution >= 4 is 17.7 Å². The molecule has 5 aliphatic rings. The van der Waals surface area contributed by atoms with E-state index in [1.165, 1.54) is 44.2 Å². The molecule has 1 aromatic rings. The molecule has 4 aliphatic carbocycles. The van der Waals surface area contributed by atoms with Gasteiger partial charge in [0.2, 0.25) is 5.91 Å². The smallest absolute Gasteiger partial charge is 0.233 e. The first-order chi connectivity index (χ1) is 13.5. The molecule has 154 valence electrons. The van der Waals surface area contributed by atoms with E-state index >= 15 is 0 Å². The van der Waals surface area contributed by atoms with Crippen molar-refractivity contribution in [3.05, 3.63) is 17.5 Å². The molecule has 0 N–H and O–H groups in total. The summed E-state index contributed by atoms with van der Waals surface area (Å²) in [5.74, 6) is 3.88. The predicted molar refractivity (Wildman–Crippen MR) is 113 cm³/mol. The fourth-order valence-electron chi connectivity index (χ4n) is 6.52. The van der Waals surface area contributed by atoms with Gasteiger partial charge in [0.25, 0.3) is 0 Å². The highest BCUT2D eigenvalue weighted by Crippen LogP contribution is 2.60. The number of rotatable bonds is 6. The number of hydrogen-bond acceptors (Lipinski definition) is 4. The lowest BCUT2D eigenvalue weighted by atomic mass is 9.56. The van der Waals surface area contributed by atoms with Crippen LogP contribution in [0, 0.1) is 17.8 Å². The van der Waals surface area contributed by atoms with Gasteiger partial charge < -0.3 is 9.80 Å². The van der Waals surface area contributed by atoms with Crippen molar-refractivity contribution in [3.63, 3.8) is 0 Å². The van der Waals surface area contributed by atoms with E-state index in [4.69, 9.17) is 5.10 Å². The van der Waals surface area contributed by atoms with E-state index in [0.717, 1.165) is 56.2 Å². The molecule has 4 fully saturated rings. The summed E-state index contributed by atoms with van der Waals surface area (Å²) in [6.45, 7) is 6.43. The summed E-state index contributed by atoms with van der Waals surface area (Å²) in [5, 5.41) is 4.74. The van der Waals surface area contributed by atoms with Crippen molar-refractivity contribution < 1.29 is 4.79 Å². The number of thioether (sulfide) groups is 1. The van der Waals surface area contributed by atoms with Gasteiger partial charge in [0.15, 0.2) is 0 Å². The Morgan fingerprint density at radius 2 is 1.89 bits per heavy atom. The largest absolute Gasteiger partial charge is 0.334 e. The zero-order valence-corrected chi connectivity index (χ0v) is 18.2. The van der Waals surface area contributed by atoms with Crippen LogP contribution in [0.3, 0.4) is 0 Å². The molecule has 1 amide bonds. The minimum Gasteiger partial charge on any atom is -0.334 e. The summed E-state index contributed by atoms with van der Waals surface area (Å²) in [6, 6.07) is 2.19. The van der Waals surface area contributed by atoms with E-state index < -0.39 is 0 Å². The Balaban J connectivity index is 1.18. The van der Waals surface area contributed by atoms with Gasteiger partial charge >= 0.3 is 0 Å². The van der Waals surface area contributed by atoms with E-state index in [1.807, 2.05) is 11.8 Å². The molecule has 6 heteroatoms. The second-order valence-electron chi connectivity index (χ2n) is 9.89. The maximum Gasteiger partial charge on any atom is 0.233 e. The normalized spacial score (nSPS) is 33.5. The molecule has 0 atom stereocenters. The zero-order chi connectivity index (χ0) is 19.3. The summed E-state index contributed by atoms with van der Waals surface area (Å²) in [5.41, 5.74) is 2.32. The summed E-state index contributed by atoms with van der Waals surface area (Å²) in [4.78, 5) is 17.3. The summed E-state index contributed by atoms with van der Waals surface area (Å²) < 4.78 is 2.54. The highest BCUT2D eigenvalue weighted by molar-refractivity contribution is 8.01. The van der Waals surface area contributed by atoms with Crippen LogP contribution >= 0.6 is 11.8 Å². The first-order valence-electron chi connectivity index (χ1n) is 11.2. The van der Waals surface area contributed by atoms with Gasteiger partial charge in [0, 0.05) is 17.8 Å². The Kier molecular flexibility index (Phi) is 4.98. The van der Waals surface area contributed by atoms with Gasteiger partial charge in [-0.3, -0.25) is 9.48 Å². The molecule has 5 nitrogen and oxygen atoms in total. The molecule has 0 unspecified atom stereocenters. The number of nitrogens with zero attached hydrogens (tertiary/aromatic N) is 4. The highest BCUT2D eigenvalue weighted by Gasteiger charge is 2.51. The van der Waals surface area contributed by atoms with Crippen LogP contribution in [0.4, 0.5) is 0 Å². The first-order valence-corrected chi connectivity index (χ1v) is 12.2. The van der Waals surface area contributed by atoms with Crippen molar-refractivity contribution in [3.8, 4) is 0 Å². The standard InChI is InChI=1S/C22H34N4OS/c1-3-24(2)13-19-9-20-14-25(4-5-26(20)23-19)21(27)15-28-22-10-16-6-17(11-22)8-18(7-16)12-22/h9,16-18H,3-8,10-15H2,1-2H3. The predicted octanol–water partition coefficient (Wildman–Crippen LogP) is 3.38. The lowest BCUT2D eigenvalue weighted by Crippen LogP contribution is -2.49. The maximum absolute atomic E-state index is 13.0. The molecule has 4 saturated carbocycles. The molecule has 1 aliphatic heterocycles. The number of aromatic nitrogens is 2. The molecule has 0 saturated heterocycles. The summed E-state index contributed by atoms with van der Waals surface area (Å²) in [6.07, 6.45) is 8.53. The Labute approximate surface area is 173 Å². The number of hydrogen-bond donors (Lipinski definition) is 0. The summed E-state index contributed by atoms with van der Waals surface area (Å²) in [7, 11) is 2.12. The second-order valence-corrected chi connectivity index (χ2v) is 11.3. The third-order valence-electron chi connectivity index (χ3n) is 7.66. The molecule has 6 rings (SSSR count). The van der Waals surface area contributed by atoms with Crippen LogP contribution in [0.15, 0.2) is 6.07 Å². The third-order valence-corrected chi connectivity index (χ3v) is 9.16. The first kappa shape index (κ1) is 19.0. The third kappa shape index (κ3) is 3.62. The zero-order valence-electron chi connectivity index (χ0n) is 17.4. The van der Waals surface area contributed by atoms with E-state index in [0.29, 0.717) is 16.4 Å². The van der Waals surface area contributed by atoms with Gasteiger partial charge in [-0.2, -0.15) is 5.10 Å². The number of carbonyl (C=O) groups excluding carboxylic acids is 1. The monoisotopic (exact) mass is 402 g/mol.